The van der Waals surface area contributed by atoms with Crippen LogP contribution in [0.5, 0.6) is 6.01 Å². The predicted molar refractivity (Wildman–Crippen MR) is 56.5 cm³/mol. The molecule has 0 aliphatic carbocycles. The van der Waals surface area contributed by atoms with Crippen LogP contribution >= 0.6 is 11.6 Å². The minimum absolute atomic E-state index is 0.112. The van der Waals surface area contributed by atoms with E-state index in [-0.39, 0.29) is 11.3 Å². The topological polar surface area (TPSA) is 60.4 Å². The fourth-order valence-electron chi connectivity index (χ4n) is 0.803. The molecule has 0 amide bonds. The average Bonchev–Trinajstić information content (AvgIpc) is 2.17. The van der Waals surface area contributed by atoms with E-state index in [9.17, 15) is 0 Å². The smallest absolute Gasteiger partial charge is 0.322 e. The normalized spacial score (nSPS) is 10.1. The maximum absolute atomic E-state index is 5.71. The molecule has 1 aromatic rings. The molecule has 0 aliphatic heterocycles. The van der Waals surface area contributed by atoms with Crippen molar-refractivity contribution in [1.82, 2.24) is 15.0 Å². The summed E-state index contributed by atoms with van der Waals surface area (Å²) in [6, 6.07) is 0.204. The van der Waals surface area contributed by atoms with E-state index in [2.05, 4.69) is 15.0 Å². The third-order valence-electron chi connectivity index (χ3n) is 1.49. The minimum Gasteiger partial charge on any atom is -0.461 e. The number of anilines is 1. The van der Waals surface area contributed by atoms with Gasteiger partial charge in [-0.2, -0.15) is 15.0 Å². The van der Waals surface area contributed by atoms with Gasteiger partial charge in [-0.1, -0.05) is 0 Å². The second-order valence-electron chi connectivity index (χ2n) is 2.92. The standard InChI is InChI=1S/C8H13ClN4O2/c1-13(2)7-10-6(9)11-8(12-7)15-5-4-14-3/h4-5H2,1-3H3. The summed E-state index contributed by atoms with van der Waals surface area (Å²) in [5.74, 6) is 0.461. The van der Waals surface area contributed by atoms with Crippen molar-refractivity contribution in [2.75, 3.05) is 39.3 Å². The van der Waals surface area contributed by atoms with Gasteiger partial charge in [0, 0.05) is 21.2 Å². The first-order valence-electron chi connectivity index (χ1n) is 4.34. The molecule has 0 unspecified atom stereocenters. The Morgan fingerprint density at radius 2 is 1.93 bits per heavy atom. The SMILES string of the molecule is COCCOc1nc(Cl)nc(N(C)C)n1. The van der Waals surface area contributed by atoms with E-state index in [1.165, 1.54) is 0 Å². The lowest BCUT2D eigenvalue weighted by Gasteiger charge is -2.11. The van der Waals surface area contributed by atoms with Crippen molar-refractivity contribution in [2.45, 2.75) is 0 Å². The van der Waals surface area contributed by atoms with Crippen LogP contribution in [0.3, 0.4) is 0 Å². The highest BCUT2D eigenvalue weighted by molar-refractivity contribution is 6.28. The third kappa shape index (κ3) is 3.85. The second kappa shape index (κ2) is 5.67. The van der Waals surface area contributed by atoms with Crippen molar-refractivity contribution in [3.63, 3.8) is 0 Å². The Morgan fingerprint density at radius 1 is 1.20 bits per heavy atom. The molecule has 0 spiro atoms. The first-order valence-corrected chi connectivity index (χ1v) is 4.72. The monoisotopic (exact) mass is 232 g/mol. The lowest BCUT2D eigenvalue weighted by Crippen LogP contribution is -2.15. The predicted octanol–water partition coefficient (Wildman–Crippen LogP) is 0.616. The molecule has 7 heteroatoms. The van der Waals surface area contributed by atoms with E-state index in [0.29, 0.717) is 19.2 Å². The highest BCUT2D eigenvalue weighted by Crippen LogP contribution is 2.12. The van der Waals surface area contributed by atoms with E-state index < -0.39 is 0 Å². The first kappa shape index (κ1) is 11.9. The van der Waals surface area contributed by atoms with Gasteiger partial charge >= 0.3 is 6.01 Å². The third-order valence-corrected chi connectivity index (χ3v) is 1.66. The highest BCUT2D eigenvalue weighted by Gasteiger charge is 2.07. The van der Waals surface area contributed by atoms with Crippen molar-refractivity contribution in [3.8, 4) is 6.01 Å². The van der Waals surface area contributed by atoms with Crippen molar-refractivity contribution < 1.29 is 9.47 Å². The van der Waals surface area contributed by atoms with Crippen LogP contribution in [0, 0.1) is 0 Å². The molecule has 0 N–H and O–H groups in total. The van der Waals surface area contributed by atoms with Crippen LogP contribution in [0.4, 0.5) is 5.95 Å². The van der Waals surface area contributed by atoms with Crippen LogP contribution in [0.15, 0.2) is 0 Å². The van der Waals surface area contributed by atoms with E-state index >= 15 is 0 Å². The molecule has 0 bridgehead atoms. The lowest BCUT2D eigenvalue weighted by atomic mass is 10.7. The van der Waals surface area contributed by atoms with Gasteiger partial charge in [0.2, 0.25) is 11.2 Å². The quantitative estimate of drug-likeness (QED) is 0.694. The van der Waals surface area contributed by atoms with Crippen molar-refractivity contribution >= 4 is 17.5 Å². The Kier molecular flexibility index (Phi) is 4.51. The number of hydrogen-bond donors (Lipinski definition) is 0. The molecule has 0 saturated carbocycles. The Morgan fingerprint density at radius 3 is 2.53 bits per heavy atom. The van der Waals surface area contributed by atoms with Gasteiger partial charge in [-0.15, -0.1) is 0 Å². The summed E-state index contributed by atoms with van der Waals surface area (Å²) in [6.07, 6.45) is 0. The van der Waals surface area contributed by atoms with Crippen LogP contribution in [-0.4, -0.2) is 49.4 Å². The largest absolute Gasteiger partial charge is 0.461 e. The summed E-state index contributed by atoms with van der Waals surface area (Å²) < 4.78 is 10.1. The van der Waals surface area contributed by atoms with Gasteiger partial charge in [0.15, 0.2) is 0 Å². The van der Waals surface area contributed by atoms with Gasteiger partial charge in [-0.05, 0) is 11.6 Å². The second-order valence-corrected chi connectivity index (χ2v) is 3.26. The van der Waals surface area contributed by atoms with Crippen molar-refractivity contribution in [1.29, 1.82) is 0 Å². The van der Waals surface area contributed by atoms with Gasteiger partial charge in [-0.3, -0.25) is 0 Å². The first-order chi connectivity index (χ1) is 7.13. The molecule has 15 heavy (non-hydrogen) atoms. The average molecular weight is 233 g/mol. The van der Waals surface area contributed by atoms with Gasteiger partial charge in [-0.25, -0.2) is 0 Å². The van der Waals surface area contributed by atoms with Gasteiger partial charge in [0.05, 0.1) is 6.61 Å². The number of nitrogens with zero attached hydrogens (tertiary/aromatic N) is 4. The molecule has 6 nitrogen and oxygen atoms in total. The Hall–Kier alpha value is -1.14. The number of halogens is 1. The number of hydrogen-bond acceptors (Lipinski definition) is 6. The zero-order chi connectivity index (χ0) is 11.3. The van der Waals surface area contributed by atoms with Crippen molar-refractivity contribution in [3.05, 3.63) is 5.28 Å². The molecule has 0 saturated heterocycles. The zero-order valence-electron chi connectivity index (χ0n) is 8.90. The summed E-state index contributed by atoms with van der Waals surface area (Å²) in [6.45, 7) is 0.851. The molecule has 1 aromatic heterocycles. The van der Waals surface area contributed by atoms with Crippen LogP contribution in [-0.2, 0) is 4.74 Å². The molecule has 0 atom stereocenters. The molecule has 1 rings (SSSR count). The number of rotatable bonds is 5. The summed E-state index contributed by atoms with van der Waals surface area (Å²) in [5.41, 5.74) is 0. The van der Waals surface area contributed by atoms with E-state index in [4.69, 9.17) is 21.1 Å². The number of ether oxygens (including phenoxy) is 2. The fraction of sp³-hybridized carbons (Fsp3) is 0.625. The molecular weight excluding hydrogens is 220 g/mol. The maximum Gasteiger partial charge on any atom is 0.322 e. The number of methoxy groups -OCH3 is 1. The Bertz CT molecular complexity index is 322. The molecule has 1 heterocycles. The molecule has 0 aliphatic rings. The maximum atomic E-state index is 5.71. The van der Waals surface area contributed by atoms with E-state index in [0.717, 1.165) is 0 Å². The molecule has 0 aromatic carbocycles. The summed E-state index contributed by atoms with van der Waals surface area (Å²) in [7, 11) is 5.21. The lowest BCUT2D eigenvalue weighted by molar-refractivity contribution is 0.140. The Balaban J connectivity index is 2.71. The van der Waals surface area contributed by atoms with Crippen LogP contribution in [0.1, 0.15) is 0 Å². The molecule has 84 valence electrons. The van der Waals surface area contributed by atoms with Gasteiger partial charge in [0.25, 0.3) is 0 Å². The molecule has 0 fully saturated rings. The summed E-state index contributed by atoms with van der Waals surface area (Å²) in [4.78, 5) is 13.5. The Labute approximate surface area is 93.2 Å². The number of aromatic nitrogens is 3. The molecule has 0 radical (unpaired) electrons. The van der Waals surface area contributed by atoms with Gasteiger partial charge < -0.3 is 14.4 Å². The fourth-order valence-corrected chi connectivity index (χ4v) is 0.951. The van der Waals surface area contributed by atoms with E-state index in [1.807, 2.05) is 14.1 Å². The van der Waals surface area contributed by atoms with Crippen molar-refractivity contribution in [2.24, 2.45) is 0 Å². The highest BCUT2D eigenvalue weighted by atomic mass is 35.5. The zero-order valence-corrected chi connectivity index (χ0v) is 9.65. The van der Waals surface area contributed by atoms with E-state index in [1.54, 1.807) is 12.0 Å². The molecular formula is C8H13ClN4O2. The van der Waals surface area contributed by atoms with Gasteiger partial charge in [0.1, 0.15) is 6.61 Å². The van der Waals surface area contributed by atoms with Crippen LogP contribution in [0.2, 0.25) is 5.28 Å². The van der Waals surface area contributed by atoms with Crippen LogP contribution < -0.4 is 9.64 Å². The summed E-state index contributed by atoms with van der Waals surface area (Å²) >= 11 is 5.71. The van der Waals surface area contributed by atoms with Crippen LogP contribution in [0.25, 0.3) is 0 Å². The summed E-state index contributed by atoms with van der Waals surface area (Å²) in [5, 5.41) is 0.112. The minimum atomic E-state index is 0.112.